The molecule has 20 heavy (non-hydrogen) atoms. The zero-order chi connectivity index (χ0) is 15.0. The summed E-state index contributed by atoms with van der Waals surface area (Å²) >= 11 is 0. The van der Waals surface area contributed by atoms with Gasteiger partial charge in [-0.2, -0.15) is 0 Å². The van der Waals surface area contributed by atoms with Gasteiger partial charge in [0.1, 0.15) is 0 Å². The van der Waals surface area contributed by atoms with Gasteiger partial charge < -0.3 is 5.32 Å². The van der Waals surface area contributed by atoms with Gasteiger partial charge in [0, 0.05) is 0 Å². The van der Waals surface area contributed by atoms with Gasteiger partial charge in [0.05, 0.1) is 0 Å². The molecule has 0 aromatic rings. The zero-order valence-corrected chi connectivity index (χ0v) is 14.8. The van der Waals surface area contributed by atoms with Gasteiger partial charge in [-0.05, 0) is 61.9 Å². The molecule has 0 aromatic heterocycles. The van der Waals surface area contributed by atoms with E-state index in [4.69, 9.17) is 0 Å². The Balaban J connectivity index is 2.47. The van der Waals surface area contributed by atoms with Gasteiger partial charge in [-0.15, -0.1) is 0 Å². The lowest BCUT2D eigenvalue weighted by Gasteiger charge is -2.38. The molecule has 1 N–H and O–H groups in total. The lowest BCUT2D eigenvalue weighted by Crippen LogP contribution is -2.35. The highest BCUT2D eigenvalue weighted by atomic mass is 14.9. The molecule has 1 aliphatic carbocycles. The van der Waals surface area contributed by atoms with Crippen LogP contribution in [0, 0.1) is 29.6 Å². The van der Waals surface area contributed by atoms with Crippen molar-refractivity contribution in [3.8, 4) is 0 Å². The summed E-state index contributed by atoms with van der Waals surface area (Å²) in [6, 6.07) is 0. The van der Waals surface area contributed by atoms with Crippen LogP contribution in [-0.4, -0.2) is 13.1 Å². The second-order valence-corrected chi connectivity index (χ2v) is 7.79. The third kappa shape index (κ3) is 6.61. The summed E-state index contributed by atoms with van der Waals surface area (Å²) in [5, 5.41) is 3.72. The van der Waals surface area contributed by atoms with Crippen LogP contribution in [0.15, 0.2) is 0 Å². The predicted molar refractivity (Wildman–Crippen MR) is 91.0 cm³/mol. The van der Waals surface area contributed by atoms with E-state index < -0.39 is 0 Å². The number of nitrogens with one attached hydrogen (secondary N) is 1. The van der Waals surface area contributed by atoms with Gasteiger partial charge in [-0.3, -0.25) is 0 Å². The topological polar surface area (TPSA) is 12.0 Å². The third-order valence-electron chi connectivity index (χ3n) is 5.31. The molecule has 4 atom stereocenters. The fourth-order valence-corrected chi connectivity index (χ4v) is 3.89. The van der Waals surface area contributed by atoms with E-state index in [0.717, 1.165) is 29.6 Å². The largest absolute Gasteiger partial charge is 0.316 e. The highest BCUT2D eigenvalue weighted by Crippen LogP contribution is 2.39. The van der Waals surface area contributed by atoms with Crippen LogP contribution < -0.4 is 5.32 Å². The third-order valence-corrected chi connectivity index (χ3v) is 5.31. The van der Waals surface area contributed by atoms with Crippen molar-refractivity contribution in [2.75, 3.05) is 13.1 Å². The average Bonchev–Trinajstić information content (AvgIpc) is 2.41. The van der Waals surface area contributed by atoms with E-state index in [0.29, 0.717) is 0 Å². The Morgan fingerprint density at radius 2 is 1.80 bits per heavy atom. The summed E-state index contributed by atoms with van der Waals surface area (Å²) in [7, 11) is 0. The van der Waals surface area contributed by atoms with E-state index in [2.05, 4.69) is 39.9 Å². The zero-order valence-electron chi connectivity index (χ0n) is 14.8. The SMILES string of the molecule is CCCC1CCC(CNCC(C)C)C(CC(C)CC)C1. The van der Waals surface area contributed by atoms with Crippen molar-refractivity contribution in [2.24, 2.45) is 29.6 Å². The molecule has 1 aliphatic rings. The summed E-state index contributed by atoms with van der Waals surface area (Å²) in [6.07, 6.45) is 10.1. The lowest BCUT2D eigenvalue weighted by molar-refractivity contribution is 0.143. The Morgan fingerprint density at radius 3 is 2.40 bits per heavy atom. The fraction of sp³-hybridized carbons (Fsp3) is 1.00. The molecule has 120 valence electrons. The Hall–Kier alpha value is -0.0400. The molecular weight excluding hydrogens is 242 g/mol. The molecule has 1 saturated carbocycles. The first kappa shape index (κ1) is 18.0. The van der Waals surface area contributed by atoms with Crippen molar-refractivity contribution in [1.29, 1.82) is 0 Å². The summed E-state index contributed by atoms with van der Waals surface area (Å²) in [6.45, 7) is 14.2. The molecular formula is C19H39N. The maximum absolute atomic E-state index is 3.72. The number of hydrogen-bond acceptors (Lipinski definition) is 1. The van der Waals surface area contributed by atoms with Crippen LogP contribution in [0.2, 0.25) is 0 Å². The molecule has 0 aliphatic heterocycles. The smallest absolute Gasteiger partial charge is 0.00178 e. The summed E-state index contributed by atoms with van der Waals surface area (Å²) < 4.78 is 0. The summed E-state index contributed by atoms with van der Waals surface area (Å²) in [5.74, 6) is 4.63. The quantitative estimate of drug-likeness (QED) is 0.588. The number of rotatable bonds is 9. The minimum atomic E-state index is 0.777. The van der Waals surface area contributed by atoms with E-state index in [1.165, 1.54) is 58.0 Å². The predicted octanol–water partition coefficient (Wildman–Crippen LogP) is 5.50. The molecule has 0 aromatic carbocycles. The highest BCUT2D eigenvalue weighted by molar-refractivity contribution is 4.82. The van der Waals surface area contributed by atoms with E-state index in [-0.39, 0.29) is 0 Å². The molecule has 0 radical (unpaired) electrons. The Bertz CT molecular complexity index is 236. The van der Waals surface area contributed by atoms with Gasteiger partial charge in [-0.1, -0.05) is 60.3 Å². The normalized spacial score (nSPS) is 28.8. The minimum Gasteiger partial charge on any atom is -0.316 e. The summed E-state index contributed by atoms with van der Waals surface area (Å²) in [4.78, 5) is 0. The van der Waals surface area contributed by atoms with Crippen molar-refractivity contribution in [3.05, 3.63) is 0 Å². The van der Waals surface area contributed by atoms with E-state index >= 15 is 0 Å². The monoisotopic (exact) mass is 281 g/mol. The van der Waals surface area contributed by atoms with Crippen LogP contribution in [0.5, 0.6) is 0 Å². The van der Waals surface area contributed by atoms with Crippen molar-refractivity contribution >= 4 is 0 Å². The van der Waals surface area contributed by atoms with Crippen LogP contribution in [0.3, 0.4) is 0 Å². The van der Waals surface area contributed by atoms with Crippen LogP contribution in [-0.2, 0) is 0 Å². The van der Waals surface area contributed by atoms with Crippen molar-refractivity contribution < 1.29 is 0 Å². The standard InChI is InChI=1S/C19H39N/c1-6-8-17-9-10-18(14-20-13-15(3)4)19(12-17)11-16(5)7-2/h15-20H,6-14H2,1-5H3. The van der Waals surface area contributed by atoms with Crippen molar-refractivity contribution in [1.82, 2.24) is 5.32 Å². The molecule has 0 heterocycles. The molecule has 0 bridgehead atoms. The molecule has 0 amide bonds. The van der Waals surface area contributed by atoms with Gasteiger partial charge >= 0.3 is 0 Å². The maximum Gasteiger partial charge on any atom is -0.00178 e. The first-order valence-corrected chi connectivity index (χ1v) is 9.27. The van der Waals surface area contributed by atoms with Crippen LogP contribution >= 0.6 is 0 Å². The Morgan fingerprint density at radius 1 is 1.05 bits per heavy atom. The highest BCUT2D eigenvalue weighted by Gasteiger charge is 2.30. The first-order chi connectivity index (χ1) is 9.56. The maximum atomic E-state index is 3.72. The van der Waals surface area contributed by atoms with Crippen LogP contribution in [0.25, 0.3) is 0 Å². The molecule has 1 rings (SSSR count). The second-order valence-electron chi connectivity index (χ2n) is 7.79. The molecule has 0 spiro atoms. The minimum absolute atomic E-state index is 0.777. The van der Waals surface area contributed by atoms with Gasteiger partial charge in [0.2, 0.25) is 0 Å². The van der Waals surface area contributed by atoms with Gasteiger partial charge in [0.25, 0.3) is 0 Å². The molecule has 1 heteroatoms. The molecule has 0 saturated heterocycles. The Labute approximate surface area is 128 Å². The molecule has 4 unspecified atom stereocenters. The van der Waals surface area contributed by atoms with Gasteiger partial charge in [-0.25, -0.2) is 0 Å². The fourth-order valence-electron chi connectivity index (χ4n) is 3.89. The summed E-state index contributed by atoms with van der Waals surface area (Å²) in [5.41, 5.74) is 0. The van der Waals surface area contributed by atoms with Crippen LogP contribution in [0.4, 0.5) is 0 Å². The van der Waals surface area contributed by atoms with E-state index in [9.17, 15) is 0 Å². The lowest BCUT2D eigenvalue weighted by atomic mass is 9.69. The Kier molecular flexibility index (Phi) is 8.84. The van der Waals surface area contributed by atoms with Crippen LogP contribution in [0.1, 0.15) is 79.6 Å². The van der Waals surface area contributed by atoms with Gasteiger partial charge in [0.15, 0.2) is 0 Å². The number of hydrogen-bond donors (Lipinski definition) is 1. The second kappa shape index (κ2) is 9.82. The molecule has 1 nitrogen and oxygen atoms in total. The average molecular weight is 282 g/mol. The molecule has 1 fully saturated rings. The van der Waals surface area contributed by atoms with Crippen molar-refractivity contribution in [2.45, 2.75) is 79.6 Å². The first-order valence-electron chi connectivity index (χ1n) is 9.27. The van der Waals surface area contributed by atoms with E-state index in [1.807, 2.05) is 0 Å². The van der Waals surface area contributed by atoms with E-state index in [1.54, 1.807) is 0 Å². The van der Waals surface area contributed by atoms with Crippen molar-refractivity contribution in [3.63, 3.8) is 0 Å².